The van der Waals surface area contributed by atoms with E-state index in [4.69, 9.17) is 4.74 Å². The van der Waals surface area contributed by atoms with Crippen molar-refractivity contribution in [2.75, 3.05) is 11.9 Å². The highest BCUT2D eigenvalue weighted by Crippen LogP contribution is 2.32. The molecule has 0 saturated carbocycles. The zero-order valence-corrected chi connectivity index (χ0v) is 18.5. The van der Waals surface area contributed by atoms with Gasteiger partial charge in [0.05, 0.1) is 10.6 Å². The third-order valence-electron chi connectivity index (χ3n) is 4.80. The van der Waals surface area contributed by atoms with Crippen molar-refractivity contribution in [3.63, 3.8) is 0 Å². The number of rotatable bonds is 7. The van der Waals surface area contributed by atoms with Crippen LogP contribution in [0, 0.1) is 11.6 Å². The molecule has 1 fully saturated rings. The van der Waals surface area contributed by atoms with E-state index in [-0.39, 0.29) is 23.0 Å². The standard InChI is InChI=1S/C25H18F2N2O4S/c26-18-5-3-4-17(12-18)15-33-19-10-8-16(9-11-19)13-22-24(31)29(25(32)34-22)14-23(30)28-21-7-2-1-6-20(21)27/h1-13H,14-15H2,(H,28,30). The van der Waals surface area contributed by atoms with Crippen molar-refractivity contribution in [1.29, 1.82) is 0 Å². The first-order valence-corrected chi connectivity index (χ1v) is 11.0. The highest BCUT2D eigenvalue weighted by atomic mass is 32.2. The number of hydrogen-bond acceptors (Lipinski definition) is 5. The summed E-state index contributed by atoms with van der Waals surface area (Å²) in [6.07, 6.45) is 1.54. The van der Waals surface area contributed by atoms with Crippen LogP contribution >= 0.6 is 11.8 Å². The van der Waals surface area contributed by atoms with Crippen LogP contribution in [0.2, 0.25) is 0 Å². The molecular formula is C25H18F2N2O4S. The molecule has 0 aromatic heterocycles. The molecule has 4 rings (SSSR count). The molecule has 3 aromatic rings. The molecule has 0 radical (unpaired) electrons. The van der Waals surface area contributed by atoms with Crippen molar-refractivity contribution in [3.05, 3.63) is 100 Å². The second kappa shape index (κ2) is 10.3. The average molecular weight is 480 g/mol. The van der Waals surface area contributed by atoms with Crippen LogP contribution in [0.4, 0.5) is 19.3 Å². The van der Waals surface area contributed by atoms with E-state index in [9.17, 15) is 23.2 Å². The fourth-order valence-corrected chi connectivity index (χ4v) is 3.98. The Kier molecular flexibility index (Phi) is 7.03. The van der Waals surface area contributed by atoms with Crippen molar-refractivity contribution in [2.24, 2.45) is 0 Å². The number of para-hydroxylation sites is 1. The minimum absolute atomic E-state index is 0.0327. The highest BCUT2D eigenvalue weighted by molar-refractivity contribution is 8.18. The summed E-state index contributed by atoms with van der Waals surface area (Å²) in [4.78, 5) is 38.1. The van der Waals surface area contributed by atoms with E-state index in [1.54, 1.807) is 42.5 Å². The van der Waals surface area contributed by atoms with E-state index in [1.807, 2.05) is 0 Å². The molecule has 1 saturated heterocycles. The average Bonchev–Trinajstić information content (AvgIpc) is 3.07. The van der Waals surface area contributed by atoms with E-state index in [0.29, 0.717) is 16.9 Å². The van der Waals surface area contributed by atoms with Crippen LogP contribution in [-0.4, -0.2) is 28.5 Å². The van der Waals surface area contributed by atoms with Gasteiger partial charge in [0.15, 0.2) is 0 Å². The lowest BCUT2D eigenvalue weighted by atomic mass is 10.2. The minimum atomic E-state index is -0.687. The Labute approximate surface area is 198 Å². The lowest BCUT2D eigenvalue weighted by Gasteiger charge is -2.12. The maximum absolute atomic E-state index is 13.7. The number of halogens is 2. The lowest BCUT2D eigenvalue weighted by Crippen LogP contribution is -2.36. The SMILES string of the molecule is O=C(CN1C(=O)SC(=Cc2ccc(OCc3cccc(F)c3)cc2)C1=O)Nc1ccccc1F. The maximum atomic E-state index is 13.7. The summed E-state index contributed by atoms with van der Waals surface area (Å²) in [6, 6.07) is 18.5. The van der Waals surface area contributed by atoms with Gasteiger partial charge in [-0.1, -0.05) is 36.4 Å². The van der Waals surface area contributed by atoms with E-state index >= 15 is 0 Å². The summed E-state index contributed by atoms with van der Waals surface area (Å²) < 4.78 is 32.6. The molecule has 0 bridgehead atoms. The van der Waals surface area contributed by atoms with Crippen LogP contribution in [0.25, 0.3) is 6.08 Å². The van der Waals surface area contributed by atoms with E-state index in [0.717, 1.165) is 16.7 Å². The van der Waals surface area contributed by atoms with Crippen LogP contribution in [0.15, 0.2) is 77.7 Å². The third-order valence-corrected chi connectivity index (χ3v) is 5.70. The van der Waals surface area contributed by atoms with Crippen molar-refractivity contribution in [1.82, 2.24) is 4.90 Å². The zero-order chi connectivity index (χ0) is 24.1. The van der Waals surface area contributed by atoms with Crippen LogP contribution in [-0.2, 0) is 16.2 Å². The number of anilines is 1. The number of amides is 3. The van der Waals surface area contributed by atoms with Gasteiger partial charge in [-0.15, -0.1) is 0 Å². The quantitative estimate of drug-likeness (QED) is 0.470. The number of hydrogen-bond donors (Lipinski definition) is 1. The number of imide groups is 1. The predicted molar refractivity (Wildman–Crippen MR) is 125 cm³/mol. The summed E-state index contributed by atoms with van der Waals surface area (Å²) >= 11 is 0.719. The maximum Gasteiger partial charge on any atom is 0.294 e. The molecule has 1 N–H and O–H groups in total. The lowest BCUT2D eigenvalue weighted by molar-refractivity contribution is -0.127. The number of carbonyl (C=O) groups is 3. The Morgan fingerprint density at radius 3 is 2.50 bits per heavy atom. The van der Waals surface area contributed by atoms with Crippen LogP contribution in [0.1, 0.15) is 11.1 Å². The fraction of sp³-hybridized carbons (Fsp3) is 0.0800. The first-order valence-electron chi connectivity index (χ1n) is 10.2. The Morgan fingerprint density at radius 2 is 1.76 bits per heavy atom. The zero-order valence-electron chi connectivity index (χ0n) is 17.7. The van der Waals surface area contributed by atoms with Crippen molar-refractivity contribution in [2.45, 2.75) is 6.61 Å². The van der Waals surface area contributed by atoms with Gasteiger partial charge in [0.1, 0.15) is 30.5 Å². The molecule has 0 spiro atoms. The molecule has 0 unspecified atom stereocenters. The van der Waals surface area contributed by atoms with Gasteiger partial charge >= 0.3 is 0 Å². The smallest absolute Gasteiger partial charge is 0.294 e. The number of carbonyl (C=O) groups excluding carboxylic acids is 3. The van der Waals surface area contributed by atoms with Crippen LogP contribution in [0.3, 0.4) is 0 Å². The normalized spacial score (nSPS) is 14.5. The summed E-state index contributed by atoms with van der Waals surface area (Å²) in [6.45, 7) is -0.325. The molecule has 6 nitrogen and oxygen atoms in total. The number of nitrogens with zero attached hydrogens (tertiary/aromatic N) is 1. The van der Waals surface area contributed by atoms with Crippen LogP contribution < -0.4 is 10.1 Å². The predicted octanol–water partition coefficient (Wildman–Crippen LogP) is 5.22. The van der Waals surface area contributed by atoms with Gasteiger partial charge in [0.2, 0.25) is 5.91 Å². The molecule has 34 heavy (non-hydrogen) atoms. The monoisotopic (exact) mass is 480 g/mol. The minimum Gasteiger partial charge on any atom is -0.489 e. The topological polar surface area (TPSA) is 75.7 Å². The molecule has 9 heteroatoms. The van der Waals surface area contributed by atoms with Gasteiger partial charge in [0.25, 0.3) is 11.1 Å². The fourth-order valence-electron chi connectivity index (χ4n) is 3.14. The second-order valence-electron chi connectivity index (χ2n) is 7.28. The van der Waals surface area contributed by atoms with Crippen molar-refractivity contribution < 1.29 is 27.9 Å². The van der Waals surface area contributed by atoms with E-state index in [1.165, 1.54) is 36.4 Å². The Morgan fingerprint density at radius 1 is 1.00 bits per heavy atom. The van der Waals surface area contributed by atoms with Gasteiger partial charge < -0.3 is 10.1 Å². The van der Waals surface area contributed by atoms with E-state index in [2.05, 4.69) is 5.32 Å². The molecule has 3 amide bonds. The molecule has 3 aromatic carbocycles. The largest absolute Gasteiger partial charge is 0.489 e. The molecule has 0 atom stereocenters. The van der Waals surface area contributed by atoms with Crippen molar-refractivity contribution in [3.8, 4) is 5.75 Å². The molecular weight excluding hydrogens is 462 g/mol. The molecule has 1 aliphatic heterocycles. The molecule has 1 heterocycles. The number of thioether (sulfide) groups is 1. The first kappa shape index (κ1) is 23.2. The second-order valence-corrected chi connectivity index (χ2v) is 8.28. The summed E-state index contributed by atoms with van der Waals surface area (Å²) in [5, 5.41) is 1.76. The number of ether oxygens (including phenoxy) is 1. The van der Waals surface area contributed by atoms with Gasteiger partial charge in [-0.05, 0) is 65.4 Å². The van der Waals surface area contributed by atoms with Gasteiger partial charge in [-0.25, -0.2) is 8.78 Å². The highest BCUT2D eigenvalue weighted by Gasteiger charge is 2.36. The molecule has 1 aliphatic rings. The Balaban J connectivity index is 1.36. The molecule has 172 valence electrons. The molecule has 0 aliphatic carbocycles. The van der Waals surface area contributed by atoms with Gasteiger partial charge in [-0.3, -0.25) is 19.3 Å². The third kappa shape index (κ3) is 5.68. The number of benzene rings is 3. The van der Waals surface area contributed by atoms with Crippen LogP contribution in [0.5, 0.6) is 5.75 Å². The number of nitrogens with one attached hydrogen (secondary N) is 1. The summed E-state index contributed by atoms with van der Waals surface area (Å²) in [5.41, 5.74) is 1.31. The first-order chi connectivity index (χ1) is 16.4. The van der Waals surface area contributed by atoms with Gasteiger partial charge in [0, 0.05) is 0 Å². The Hall–Kier alpha value is -3.98. The summed E-state index contributed by atoms with van der Waals surface area (Å²) in [5.74, 6) is -1.69. The van der Waals surface area contributed by atoms with Crippen molar-refractivity contribution >= 4 is 40.6 Å². The van der Waals surface area contributed by atoms with E-state index < -0.39 is 29.4 Å². The van der Waals surface area contributed by atoms with Gasteiger partial charge in [-0.2, -0.15) is 0 Å². The summed E-state index contributed by atoms with van der Waals surface area (Å²) in [7, 11) is 0. The Bertz CT molecular complexity index is 1280.